The van der Waals surface area contributed by atoms with Crippen LogP contribution >= 0.6 is 0 Å². The number of aliphatic hydroxyl groups is 1. The summed E-state index contributed by atoms with van der Waals surface area (Å²) in [7, 11) is 3.27. The van der Waals surface area contributed by atoms with Crippen molar-refractivity contribution in [2.24, 2.45) is 0 Å². The summed E-state index contributed by atoms with van der Waals surface area (Å²) >= 11 is 0. The normalized spacial score (nSPS) is 23.0. The third-order valence-electron chi connectivity index (χ3n) is 5.29. The van der Waals surface area contributed by atoms with E-state index in [4.69, 9.17) is 28.4 Å². The third kappa shape index (κ3) is 6.79. The molecule has 3 rings (SSSR count). The average Bonchev–Trinajstić information content (AvgIpc) is 2.85. The summed E-state index contributed by atoms with van der Waals surface area (Å²) in [5.41, 5.74) is 2.00. The van der Waals surface area contributed by atoms with Crippen molar-refractivity contribution in [3.63, 3.8) is 0 Å². The molecule has 7 nitrogen and oxygen atoms in total. The SMILES string of the molecule is C=CCOC1C[C@@H](OCc2ccc(OC)cc2)[C@H](OCc2ccc(OC)cc2)[C@@H](CO)O1. The fraction of sp³-hybridized carbons (Fsp3) is 0.440. The Morgan fingerprint density at radius 3 is 1.97 bits per heavy atom. The van der Waals surface area contributed by atoms with E-state index < -0.39 is 18.5 Å². The summed E-state index contributed by atoms with van der Waals surface area (Å²) in [6, 6.07) is 15.4. The summed E-state index contributed by atoms with van der Waals surface area (Å²) in [6.07, 6.45) is 0.287. The molecule has 4 atom stereocenters. The molecule has 1 aliphatic heterocycles. The van der Waals surface area contributed by atoms with Crippen LogP contribution in [0.3, 0.4) is 0 Å². The fourth-order valence-corrected chi connectivity index (χ4v) is 3.54. The molecule has 1 fully saturated rings. The van der Waals surface area contributed by atoms with E-state index in [1.807, 2.05) is 48.5 Å². The monoisotopic (exact) mass is 444 g/mol. The Balaban J connectivity index is 1.68. The van der Waals surface area contributed by atoms with Gasteiger partial charge in [0.1, 0.15) is 23.7 Å². The summed E-state index contributed by atoms with van der Waals surface area (Å²) in [5, 5.41) is 9.96. The van der Waals surface area contributed by atoms with Crippen LogP contribution in [-0.2, 0) is 32.2 Å². The van der Waals surface area contributed by atoms with Crippen molar-refractivity contribution in [1.29, 1.82) is 0 Å². The minimum atomic E-state index is -0.572. The van der Waals surface area contributed by atoms with Crippen LogP contribution < -0.4 is 9.47 Å². The van der Waals surface area contributed by atoms with E-state index in [-0.39, 0.29) is 12.7 Å². The summed E-state index contributed by atoms with van der Waals surface area (Å²) < 4.78 is 34.5. The highest BCUT2D eigenvalue weighted by Gasteiger charge is 2.40. The van der Waals surface area contributed by atoms with Gasteiger partial charge < -0.3 is 33.5 Å². The van der Waals surface area contributed by atoms with Gasteiger partial charge in [-0.05, 0) is 35.4 Å². The summed E-state index contributed by atoms with van der Waals surface area (Å²) in [6.45, 7) is 4.57. The Hall–Kier alpha value is -2.42. The van der Waals surface area contributed by atoms with Gasteiger partial charge >= 0.3 is 0 Å². The van der Waals surface area contributed by atoms with E-state index >= 15 is 0 Å². The van der Waals surface area contributed by atoms with Gasteiger partial charge in [-0.15, -0.1) is 6.58 Å². The molecule has 1 N–H and O–H groups in total. The predicted octanol–water partition coefficient (Wildman–Crippen LogP) is 3.48. The zero-order valence-electron chi connectivity index (χ0n) is 18.6. The smallest absolute Gasteiger partial charge is 0.161 e. The van der Waals surface area contributed by atoms with Gasteiger partial charge in [-0.25, -0.2) is 0 Å². The molecule has 0 aromatic heterocycles. The van der Waals surface area contributed by atoms with Gasteiger partial charge in [0.15, 0.2) is 6.29 Å². The number of benzene rings is 2. The second-order valence-electron chi connectivity index (χ2n) is 7.47. The van der Waals surface area contributed by atoms with E-state index in [1.54, 1.807) is 20.3 Å². The second kappa shape index (κ2) is 12.6. The molecule has 0 bridgehead atoms. The maximum atomic E-state index is 9.96. The molecule has 7 heteroatoms. The molecule has 174 valence electrons. The lowest BCUT2D eigenvalue weighted by atomic mass is 10.0. The molecular formula is C25H32O7. The first-order chi connectivity index (χ1) is 15.7. The second-order valence-corrected chi connectivity index (χ2v) is 7.47. The van der Waals surface area contributed by atoms with Gasteiger partial charge in [-0.1, -0.05) is 30.3 Å². The number of methoxy groups -OCH3 is 2. The molecule has 32 heavy (non-hydrogen) atoms. The molecular weight excluding hydrogens is 412 g/mol. The van der Waals surface area contributed by atoms with Crippen molar-refractivity contribution >= 4 is 0 Å². The standard InChI is InChI=1S/C25H32O7/c1-4-13-29-24-14-22(30-16-18-5-9-20(27-2)10-6-18)25(23(15-26)32-24)31-17-19-7-11-21(28-3)12-8-19/h4-12,22-26H,1,13-17H2,2-3H3/t22-,23-,24?,25+/m1/s1. The molecule has 1 aliphatic rings. The molecule has 0 radical (unpaired) electrons. The van der Waals surface area contributed by atoms with Crippen molar-refractivity contribution in [2.45, 2.75) is 44.2 Å². The molecule has 2 aromatic rings. The van der Waals surface area contributed by atoms with Crippen molar-refractivity contribution in [1.82, 2.24) is 0 Å². The van der Waals surface area contributed by atoms with Crippen molar-refractivity contribution in [2.75, 3.05) is 27.4 Å². The quantitative estimate of drug-likeness (QED) is 0.502. The van der Waals surface area contributed by atoms with Crippen LogP contribution in [0.4, 0.5) is 0 Å². The molecule has 1 saturated heterocycles. The van der Waals surface area contributed by atoms with Crippen LogP contribution in [0.25, 0.3) is 0 Å². The van der Waals surface area contributed by atoms with Crippen LogP contribution in [0.1, 0.15) is 17.5 Å². The Kier molecular flexibility index (Phi) is 9.52. The van der Waals surface area contributed by atoms with E-state index in [2.05, 4.69) is 6.58 Å². The van der Waals surface area contributed by atoms with E-state index in [0.717, 1.165) is 22.6 Å². The van der Waals surface area contributed by atoms with Gasteiger partial charge in [0.2, 0.25) is 0 Å². The molecule has 0 spiro atoms. The first-order valence-electron chi connectivity index (χ1n) is 10.6. The van der Waals surface area contributed by atoms with Gasteiger partial charge in [0, 0.05) is 6.42 Å². The lowest BCUT2D eigenvalue weighted by Crippen LogP contribution is -2.52. The minimum Gasteiger partial charge on any atom is -0.497 e. The van der Waals surface area contributed by atoms with Gasteiger partial charge in [-0.3, -0.25) is 0 Å². The zero-order valence-corrected chi connectivity index (χ0v) is 18.6. The molecule has 1 heterocycles. The van der Waals surface area contributed by atoms with Crippen LogP contribution in [0.5, 0.6) is 11.5 Å². The van der Waals surface area contributed by atoms with Crippen LogP contribution in [-0.4, -0.2) is 57.1 Å². The van der Waals surface area contributed by atoms with E-state index in [1.165, 1.54) is 0 Å². The lowest BCUT2D eigenvalue weighted by molar-refractivity contribution is -0.273. The molecule has 1 unspecified atom stereocenters. The Labute approximate surface area is 189 Å². The van der Waals surface area contributed by atoms with E-state index in [0.29, 0.717) is 26.2 Å². The highest BCUT2D eigenvalue weighted by Crippen LogP contribution is 2.28. The zero-order chi connectivity index (χ0) is 22.8. The summed E-state index contributed by atoms with van der Waals surface area (Å²) in [4.78, 5) is 0. The maximum absolute atomic E-state index is 9.96. The third-order valence-corrected chi connectivity index (χ3v) is 5.29. The van der Waals surface area contributed by atoms with Gasteiger partial charge in [0.25, 0.3) is 0 Å². The largest absolute Gasteiger partial charge is 0.497 e. The van der Waals surface area contributed by atoms with Crippen molar-refractivity contribution < 1.29 is 33.5 Å². The Morgan fingerprint density at radius 2 is 1.47 bits per heavy atom. The van der Waals surface area contributed by atoms with Crippen molar-refractivity contribution in [3.05, 3.63) is 72.3 Å². The van der Waals surface area contributed by atoms with Crippen LogP contribution in [0.2, 0.25) is 0 Å². The topological polar surface area (TPSA) is 75.6 Å². The molecule has 0 amide bonds. The average molecular weight is 445 g/mol. The van der Waals surface area contributed by atoms with Crippen molar-refractivity contribution in [3.8, 4) is 11.5 Å². The first-order valence-corrected chi connectivity index (χ1v) is 10.6. The predicted molar refractivity (Wildman–Crippen MR) is 120 cm³/mol. The van der Waals surface area contributed by atoms with Crippen LogP contribution in [0, 0.1) is 0 Å². The Bertz CT molecular complexity index is 806. The minimum absolute atomic E-state index is 0.205. The number of ether oxygens (including phenoxy) is 6. The van der Waals surface area contributed by atoms with E-state index in [9.17, 15) is 5.11 Å². The van der Waals surface area contributed by atoms with Gasteiger partial charge in [0.05, 0.1) is 46.8 Å². The highest BCUT2D eigenvalue weighted by molar-refractivity contribution is 5.27. The Morgan fingerprint density at radius 1 is 0.906 bits per heavy atom. The van der Waals surface area contributed by atoms with Crippen LogP contribution in [0.15, 0.2) is 61.2 Å². The number of aliphatic hydroxyl groups excluding tert-OH is 1. The fourth-order valence-electron chi connectivity index (χ4n) is 3.54. The molecule has 0 saturated carbocycles. The first kappa shape index (κ1) is 24.2. The lowest BCUT2D eigenvalue weighted by Gasteiger charge is -2.40. The number of rotatable bonds is 12. The number of hydrogen-bond donors (Lipinski definition) is 1. The van der Waals surface area contributed by atoms with Gasteiger partial charge in [-0.2, -0.15) is 0 Å². The molecule has 2 aromatic carbocycles. The molecule has 0 aliphatic carbocycles. The maximum Gasteiger partial charge on any atom is 0.161 e. The highest BCUT2D eigenvalue weighted by atomic mass is 16.7. The number of hydrogen-bond acceptors (Lipinski definition) is 7. The summed E-state index contributed by atoms with van der Waals surface area (Å²) in [5.74, 6) is 1.57.